The Labute approximate surface area is 123 Å². The van der Waals surface area contributed by atoms with E-state index >= 15 is 0 Å². The first-order valence-corrected chi connectivity index (χ1v) is 6.97. The van der Waals surface area contributed by atoms with Crippen molar-refractivity contribution >= 4 is 11.7 Å². The number of hydroxylamine groups is 1. The third-order valence-electron chi connectivity index (χ3n) is 3.42. The SMILES string of the molecule is CC(=O)OC1CC(c2ccccc2)N(c2ccccc2)O1. The van der Waals surface area contributed by atoms with Crippen molar-refractivity contribution in [3.63, 3.8) is 0 Å². The standard InChI is InChI=1S/C17H17NO3/c1-13(19)20-17-12-16(14-8-4-2-5-9-14)18(21-17)15-10-6-3-7-11-15/h2-11,16-17H,12H2,1H3. The van der Waals surface area contributed by atoms with Crippen LogP contribution < -0.4 is 5.06 Å². The average molecular weight is 283 g/mol. The van der Waals surface area contributed by atoms with E-state index in [9.17, 15) is 4.79 Å². The van der Waals surface area contributed by atoms with Crippen molar-refractivity contribution < 1.29 is 14.4 Å². The Bertz CT molecular complexity index is 552. The third-order valence-corrected chi connectivity index (χ3v) is 3.42. The summed E-state index contributed by atoms with van der Waals surface area (Å²) in [7, 11) is 0. The van der Waals surface area contributed by atoms with Crippen LogP contribution >= 0.6 is 0 Å². The van der Waals surface area contributed by atoms with Crippen LogP contribution in [0.3, 0.4) is 0 Å². The van der Waals surface area contributed by atoms with Crippen LogP contribution in [0.4, 0.5) is 5.69 Å². The maximum absolute atomic E-state index is 11.2. The topological polar surface area (TPSA) is 38.8 Å². The van der Waals surface area contributed by atoms with Gasteiger partial charge in [-0.05, 0) is 17.7 Å². The highest BCUT2D eigenvalue weighted by atomic mass is 16.8. The van der Waals surface area contributed by atoms with E-state index in [0.717, 1.165) is 11.3 Å². The van der Waals surface area contributed by atoms with Crippen LogP contribution in [-0.2, 0) is 14.4 Å². The molecule has 0 radical (unpaired) electrons. The molecule has 2 unspecified atom stereocenters. The summed E-state index contributed by atoms with van der Waals surface area (Å²) >= 11 is 0. The normalized spacial score (nSPS) is 21.3. The molecule has 2 aromatic rings. The lowest BCUT2D eigenvalue weighted by molar-refractivity contribution is -0.168. The molecule has 0 spiro atoms. The molecular formula is C17H17NO3. The van der Waals surface area contributed by atoms with Crippen molar-refractivity contribution in [3.05, 3.63) is 66.2 Å². The summed E-state index contributed by atoms with van der Waals surface area (Å²) in [5.41, 5.74) is 2.08. The van der Waals surface area contributed by atoms with Crippen molar-refractivity contribution in [3.8, 4) is 0 Å². The highest BCUT2D eigenvalue weighted by molar-refractivity contribution is 5.66. The van der Waals surface area contributed by atoms with Crippen LogP contribution in [0, 0.1) is 0 Å². The van der Waals surface area contributed by atoms with Crippen molar-refractivity contribution in [1.29, 1.82) is 0 Å². The highest BCUT2D eigenvalue weighted by Crippen LogP contribution is 2.38. The monoisotopic (exact) mass is 283 g/mol. The third kappa shape index (κ3) is 3.06. The van der Waals surface area contributed by atoms with Crippen molar-refractivity contribution in [2.75, 3.05) is 5.06 Å². The molecule has 108 valence electrons. The van der Waals surface area contributed by atoms with Crippen LogP contribution in [0.15, 0.2) is 60.7 Å². The number of carbonyl (C=O) groups excluding carboxylic acids is 1. The summed E-state index contributed by atoms with van der Waals surface area (Å²) in [5, 5.41) is 1.82. The van der Waals surface area contributed by atoms with Gasteiger partial charge in [0.25, 0.3) is 0 Å². The van der Waals surface area contributed by atoms with Gasteiger partial charge in [0.1, 0.15) is 0 Å². The number of carbonyl (C=O) groups is 1. The maximum Gasteiger partial charge on any atom is 0.305 e. The van der Waals surface area contributed by atoms with Gasteiger partial charge in [-0.2, -0.15) is 0 Å². The molecule has 4 heteroatoms. The fraction of sp³-hybridized carbons (Fsp3) is 0.235. The Morgan fingerprint density at radius 2 is 1.71 bits per heavy atom. The van der Waals surface area contributed by atoms with Gasteiger partial charge in [-0.3, -0.25) is 4.79 Å². The lowest BCUT2D eigenvalue weighted by atomic mass is 10.0. The van der Waals surface area contributed by atoms with Gasteiger partial charge in [0.05, 0.1) is 11.7 Å². The molecule has 1 aliphatic rings. The molecule has 0 saturated carbocycles. The maximum atomic E-state index is 11.2. The van der Waals surface area contributed by atoms with E-state index in [4.69, 9.17) is 9.57 Å². The van der Waals surface area contributed by atoms with Crippen molar-refractivity contribution in [1.82, 2.24) is 0 Å². The predicted octanol–water partition coefficient (Wildman–Crippen LogP) is 3.46. The average Bonchev–Trinajstić information content (AvgIpc) is 2.92. The summed E-state index contributed by atoms with van der Waals surface area (Å²) < 4.78 is 5.21. The van der Waals surface area contributed by atoms with Crippen LogP contribution in [0.1, 0.15) is 24.9 Å². The molecule has 3 rings (SSSR count). The smallest absolute Gasteiger partial charge is 0.305 e. The van der Waals surface area contributed by atoms with Gasteiger partial charge in [-0.15, -0.1) is 0 Å². The van der Waals surface area contributed by atoms with Crippen LogP contribution in [0.25, 0.3) is 0 Å². The molecule has 1 saturated heterocycles. The zero-order valence-corrected chi connectivity index (χ0v) is 11.8. The Kier molecular flexibility index (Phi) is 3.88. The molecule has 0 N–H and O–H groups in total. The fourth-order valence-electron chi connectivity index (χ4n) is 2.54. The second-order valence-electron chi connectivity index (χ2n) is 4.97. The molecule has 1 heterocycles. The summed E-state index contributed by atoms with van der Waals surface area (Å²) in [6.45, 7) is 1.39. The largest absolute Gasteiger partial charge is 0.434 e. The Morgan fingerprint density at radius 1 is 1.10 bits per heavy atom. The number of esters is 1. The molecule has 1 fully saturated rings. The second-order valence-corrected chi connectivity index (χ2v) is 4.97. The van der Waals surface area contributed by atoms with Gasteiger partial charge in [0.15, 0.2) is 0 Å². The summed E-state index contributed by atoms with van der Waals surface area (Å²) in [6, 6.07) is 19.9. The summed E-state index contributed by atoms with van der Waals surface area (Å²) in [4.78, 5) is 17.0. The molecule has 0 amide bonds. The van der Waals surface area contributed by atoms with Gasteiger partial charge in [0, 0.05) is 13.3 Å². The number of rotatable bonds is 3. The highest BCUT2D eigenvalue weighted by Gasteiger charge is 2.36. The van der Waals surface area contributed by atoms with Crippen molar-refractivity contribution in [2.45, 2.75) is 25.7 Å². The van der Waals surface area contributed by atoms with Crippen LogP contribution in [0.5, 0.6) is 0 Å². The van der Waals surface area contributed by atoms with Crippen LogP contribution in [-0.4, -0.2) is 12.3 Å². The molecule has 21 heavy (non-hydrogen) atoms. The number of hydrogen-bond donors (Lipinski definition) is 0. The van der Waals surface area contributed by atoms with Gasteiger partial charge in [-0.25, -0.2) is 9.90 Å². The van der Waals surface area contributed by atoms with E-state index < -0.39 is 6.29 Å². The molecule has 1 aliphatic heterocycles. The Morgan fingerprint density at radius 3 is 2.33 bits per heavy atom. The van der Waals surface area contributed by atoms with Crippen LogP contribution in [0.2, 0.25) is 0 Å². The van der Waals surface area contributed by atoms with E-state index in [0.29, 0.717) is 6.42 Å². The zero-order chi connectivity index (χ0) is 14.7. The molecule has 0 aliphatic carbocycles. The summed E-state index contributed by atoms with van der Waals surface area (Å²) in [5.74, 6) is -0.332. The van der Waals surface area contributed by atoms with Gasteiger partial charge < -0.3 is 4.74 Å². The number of anilines is 1. The molecule has 2 aromatic carbocycles. The Hall–Kier alpha value is -2.33. The second kappa shape index (κ2) is 5.97. The minimum Gasteiger partial charge on any atom is -0.434 e. The quantitative estimate of drug-likeness (QED) is 0.809. The number of para-hydroxylation sites is 1. The lowest BCUT2D eigenvalue weighted by Gasteiger charge is -2.24. The molecule has 0 aromatic heterocycles. The van der Waals surface area contributed by atoms with E-state index in [-0.39, 0.29) is 12.0 Å². The van der Waals surface area contributed by atoms with E-state index in [1.165, 1.54) is 6.92 Å². The molecule has 4 nitrogen and oxygen atoms in total. The molecule has 2 atom stereocenters. The molecular weight excluding hydrogens is 266 g/mol. The minimum absolute atomic E-state index is 0.0259. The first-order valence-electron chi connectivity index (χ1n) is 6.97. The zero-order valence-electron chi connectivity index (χ0n) is 11.8. The number of hydrogen-bond acceptors (Lipinski definition) is 4. The summed E-state index contributed by atoms with van der Waals surface area (Å²) in [6.07, 6.45) is 0.0614. The van der Waals surface area contributed by atoms with E-state index in [1.54, 1.807) is 0 Å². The van der Waals surface area contributed by atoms with Gasteiger partial charge in [-0.1, -0.05) is 48.5 Å². The number of benzene rings is 2. The van der Waals surface area contributed by atoms with Gasteiger partial charge >= 0.3 is 5.97 Å². The van der Waals surface area contributed by atoms with E-state index in [1.807, 2.05) is 53.6 Å². The molecule has 0 bridgehead atoms. The lowest BCUT2D eigenvalue weighted by Crippen LogP contribution is -2.23. The minimum atomic E-state index is -0.548. The number of ether oxygens (including phenoxy) is 1. The predicted molar refractivity (Wildman–Crippen MR) is 79.4 cm³/mol. The van der Waals surface area contributed by atoms with Crippen molar-refractivity contribution in [2.24, 2.45) is 0 Å². The Balaban J connectivity index is 1.89. The first kappa shape index (κ1) is 13.6. The first-order chi connectivity index (χ1) is 10.2. The van der Waals surface area contributed by atoms with Gasteiger partial charge in [0.2, 0.25) is 6.29 Å². The fourth-order valence-corrected chi connectivity index (χ4v) is 2.54. The van der Waals surface area contributed by atoms with E-state index in [2.05, 4.69) is 12.1 Å². The number of nitrogens with zero attached hydrogens (tertiary/aromatic N) is 1.